The first-order chi connectivity index (χ1) is 11.6. The first kappa shape index (κ1) is 23.0. The number of guanidine groups is 1. The van der Waals surface area contributed by atoms with Crippen LogP contribution in [0.3, 0.4) is 0 Å². The molecule has 25 heavy (non-hydrogen) atoms. The molecule has 1 saturated carbocycles. The minimum Gasteiger partial charge on any atom is -0.385 e. The highest BCUT2D eigenvalue weighted by Crippen LogP contribution is 2.43. The number of ether oxygens (including phenoxy) is 1. The molecule has 0 spiro atoms. The van der Waals surface area contributed by atoms with Crippen molar-refractivity contribution in [3.05, 3.63) is 0 Å². The van der Waals surface area contributed by atoms with E-state index in [1.807, 2.05) is 7.05 Å². The average Bonchev–Trinajstić information content (AvgIpc) is 2.50. The molecule has 0 aromatic carbocycles. The number of nitrogens with one attached hydrogen (secondary N) is 2. The van der Waals surface area contributed by atoms with E-state index in [0.29, 0.717) is 5.41 Å². The lowest BCUT2D eigenvalue weighted by molar-refractivity contribution is 0.0732. The predicted octanol–water partition coefficient (Wildman–Crippen LogP) is 2.95. The number of aliphatic imine (C=N–C) groups is 1. The zero-order valence-electron chi connectivity index (χ0n) is 16.6. The summed E-state index contributed by atoms with van der Waals surface area (Å²) >= 11 is 0. The van der Waals surface area contributed by atoms with Crippen LogP contribution < -0.4 is 10.6 Å². The van der Waals surface area contributed by atoms with Crippen molar-refractivity contribution in [1.82, 2.24) is 15.5 Å². The maximum absolute atomic E-state index is 5.28. The largest absolute Gasteiger partial charge is 0.385 e. The lowest BCUT2D eigenvalue weighted by Gasteiger charge is -2.42. The summed E-state index contributed by atoms with van der Waals surface area (Å²) in [5.41, 5.74) is 0.422. The van der Waals surface area contributed by atoms with Gasteiger partial charge < -0.3 is 20.3 Å². The van der Waals surface area contributed by atoms with E-state index >= 15 is 0 Å². The van der Waals surface area contributed by atoms with Gasteiger partial charge in [-0.1, -0.05) is 20.3 Å². The number of hydrogen-bond acceptors (Lipinski definition) is 3. The Morgan fingerprint density at radius 1 is 1.20 bits per heavy atom. The van der Waals surface area contributed by atoms with Gasteiger partial charge in [-0.2, -0.15) is 0 Å². The molecule has 2 fully saturated rings. The van der Waals surface area contributed by atoms with Crippen molar-refractivity contribution in [3.8, 4) is 0 Å². The summed E-state index contributed by atoms with van der Waals surface area (Å²) in [6.45, 7) is 11.1. The monoisotopic (exact) mass is 466 g/mol. The van der Waals surface area contributed by atoms with Gasteiger partial charge in [0.25, 0.3) is 0 Å². The van der Waals surface area contributed by atoms with E-state index in [9.17, 15) is 0 Å². The molecule has 1 heterocycles. The van der Waals surface area contributed by atoms with Gasteiger partial charge in [0.15, 0.2) is 5.96 Å². The molecule has 2 atom stereocenters. The van der Waals surface area contributed by atoms with Crippen molar-refractivity contribution < 1.29 is 4.74 Å². The smallest absolute Gasteiger partial charge is 0.191 e. The molecule has 1 saturated heterocycles. The lowest BCUT2D eigenvalue weighted by atomic mass is 9.67. The Morgan fingerprint density at radius 2 is 1.88 bits per heavy atom. The zero-order valence-corrected chi connectivity index (χ0v) is 19.0. The fourth-order valence-corrected chi connectivity index (χ4v) is 4.31. The van der Waals surface area contributed by atoms with E-state index in [1.54, 1.807) is 7.11 Å². The van der Waals surface area contributed by atoms with Crippen LogP contribution in [0.2, 0.25) is 0 Å². The molecule has 0 amide bonds. The van der Waals surface area contributed by atoms with Crippen LogP contribution in [0.1, 0.15) is 46.0 Å². The Hall–Kier alpha value is -0.0800. The third-order valence-electron chi connectivity index (χ3n) is 5.77. The van der Waals surface area contributed by atoms with Crippen molar-refractivity contribution in [1.29, 1.82) is 0 Å². The standard InChI is InChI=1S/C19H38N4O.HI/c1-16-12-17(2)14-23(13-16)10-9-21-18(20-3)22-15-19(6-5-7-19)8-11-24-4;/h16-17H,5-15H2,1-4H3,(H2,20,21,22);1H. The van der Waals surface area contributed by atoms with Gasteiger partial charge >= 0.3 is 0 Å². The molecule has 2 aliphatic rings. The second-order valence-corrected chi connectivity index (χ2v) is 8.15. The molecule has 0 radical (unpaired) electrons. The SMILES string of the molecule is CN=C(NCCN1CC(C)CC(C)C1)NCC1(CCOC)CCC1.I. The molecule has 2 N–H and O–H groups in total. The maximum Gasteiger partial charge on any atom is 0.191 e. The van der Waals surface area contributed by atoms with E-state index in [0.717, 1.165) is 50.5 Å². The molecule has 0 bridgehead atoms. The van der Waals surface area contributed by atoms with Crippen LogP contribution in [0.25, 0.3) is 0 Å². The minimum absolute atomic E-state index is 0. The first-order valence-electron chi connectivity index (χ1n) is 9.73. The summed E-state index contributed by atoms with van der Waals surface area (Å²) in [6, 6.07) is 0. The number of rotatable bonds is 8. The highest BCUT2D eigenvalue weighted by molar-refractivity contribution is 14.0. The van der Waals surface area contributed by atoms with E-state index < -0.39 is 0 Å². The molecule has 0 aromatic heterocycles. The quantitative estimate of drug-likeness (QED) is 0.328. The number of nitrogens with zero attached hydrogens (tertiary/aromatic N) is 2. The van der Waals surface area contributed by atoms with E-state index in [4.69, 9.17) is 4.74 Å². The predicted molar refractivity (Wildman–Crippen MR) is 117 cm³/mol. The fourth-order valence-electron chi connectivity index (χ4n) is 4.31. The lowest BCUT2D eigenvalue weighted by Crippen LogP contribution is -2.49. The summed E-state index contributed by atoms with van der Waals surface area (Å²) in [6.07, 6.45) is 6.49. The van der Waals surface area contributed by atoms with Gasteiger partial charge in [-0.3, -0.25) is 4.99 Å². The van der Waals surface area contributed by atoms with Crippen LogP contribution in [-0.4, -0.2) is 64.3 Å². The molecule has 1 aliphatic carbocycles. The second kappa shape index (κ2) is 11.6. The van der Waals surface area contributed by atoms with Gasteiger partial charge in [-0.05, 0) is 42.9 Å². The van der Waals surface area contributed by atoms with Crippen molar-refractivity contribution in [2.45, 2.75) is 46.0 Å². The second-order valence-electron chi connectivity index (χ2n) is 8.15. The van der Waals surface area contributed by atoms with Crippen LogP contribution >= 0.6 is 24.0 Å². The van der Waals surface area contributed by atoms with Gasteiger partial charge in [0.1, 0.15) is 0 Å². The van der Waals surface area contributed by atoms with Crippen LogP contribution in [-0.2, 0) is 4.74 Å². The zero-order chi connectivity index (χ0) is 17.4. The molecular formula is C19H39IN4O. The van der Waals surface area contributed by atoms with Crippen LogP contribution in [0, 0.1) is 17.3 Å². The maximum atomic E-state index is 5.28. The molecule has 5 nitrogen and oxygen atoms in total. The summed E-state index contributed by atoms with van der Waals surface area (Å²) in [5.74, 6) is 2.59. The first-order valence-corrected chi connectivity index (χ1v) is 9.73. The van der Waals surface area contributed by atoms with Gasteiger partial charge in [-0.15, -0.1) is 24.0 Å². The molecule has 6 heteroatoms. The topological polar surface area (TPSA) is 48.9 Å². The highest BCUT2D eigenvalue weighted by Gasteiger charge is 2.36. The van der Waals surface area contributed by atoms with E-state index in [-0.39, 0.29) is 24.0 Å². The number of halogens is 1. The number of piperidine rings is 1. The number of likely N-dealkylation sites (tertiary alicyclic amines) is 1. The Kier molecular flexibility index (Phi) is 10.6. The van der Waals surface area contributed by atoms with E-state index in [2.05, 4.69) is 34.4 Å². The molecular weight excluding hydrogens is 427 g/mol. The summed E-state index contributed by atoms with van der Waals surface area (Å²) < 4.78 is 5.28. The average molecular weight is 466 g/mol. The fraction of sp³-hybridized carbons (Fsp3) is 0.947. The third-order valence-corrected chi connectivity index (χ3v) is 5.77. The normalized spacial score (nSPS) is 26.5. The van der Waals surface area contributed by atoms with Gasteiger partial charge in [0.05, 0.1) is 0 Å². The molecule has 2 unspecified atom stereocenters. The summed E-state index contributed by atoms with van der Waals surface area (Å²) in [5, 5.41) is 7.03. The van der Waals surface area contributed by atoms with Gasteiger partial charge in [-0.25, -0.2) is 0 Å². The molecule has 1 aliphatic heterocycles. The summed E-state index contributed by atoms with van der Waals surface area (Å²) in [7, 11) is 3.66. The molecule has 2 rings (SSSR count). The van der Waals surface area contributed by atoms with Crippen molar-refractivity contribution in [2.24, 2.45) is 22.2 Å². The number of hydrogen-bond donors (Lipinski definition) is 2. The highest BCUT2D eigenvalue weighted by atomic mass is 127. The van der Waals surface area contributed by atoms with Crippen molar-refractivity contribution in [3.63, 3.8) is 0 Å². The van der Waals surface area contributed by atoms with Gasteiger partial charge in [0, 0.05) is 53.5 Å². The third kappa shape index (κ3) is 7.59. The Labute approximate surface area is 171 Å². The Bertz CT molecular complexity index is 391. The Morgan fingerprint density at radius 3 is 2.40 bits per heavy atom. The van der Waals surface area contributed by atoms with Crippen LogP contribution in [0.4, 0.5) is 0 Å². The van der Waals surface area contributed by atoms with E-state index in [1.165, 1.54) is 38.8 Å². The minimum atomic E-state index is 0. The summed E-state index contributed by atoms with van der Waals surface area (Å²) in [4.78, 5) is 6.98. The van der Waals surface area contributed by atoms with Gasteiger partial charge in [0.2, 0.25) is 0 Å². The van der Waals surface area contributed by atoms with Crippen LogP contribution in [0.15, 0.2) is 4.99 Å². The van der Waals surface area contributed by atoms with Crippen LogP contribution in [0.5, 0.6) is 0 Å². The van der Waals surface area contributed by atoms with Crippen molar-refractivity contribution in [2.75, 3.05) is 53.5 Å². The number of methoxy groups -OCH3 is 1. The molecule has 0 aromatic rings. The molecule has 148 valence electrons. The Balaban J connectivity index is 0.00000312. The van der Waals surface area contributed by atoms with Crippen molar-refractivity contribution >= 4 is 29.9 Å².